The van der Waals surface area contributed by atoms with Crippen LogP contribution in [0.5, 0.6) is 0 Å². The molecule has 31 heavy (non-hydrogen) atoms. The summed E-state index contributed by atoms with van der Waals surface area (Å²) in [6.07, 6.45) is 0. The van der Waals surface area contributed by atoms with Gasteiger partial charge in [0.05, 0.1) is 0 Å². The molecule has 0 saturated carbocycles. The first-order valence-corrected chi connectivity index (χ1v) is 11.3. The van der Waals surface area contributed by atoms with E-state index in [2.05, 4.69) is 133 Å². The van der Waals surface area contributed by atoms with E-state index in [-0.39, 0.29) is 0 Å². The van der Waals surface area contributed by atoms with E-state index in [1.165, 1.54) is 43.2 Å². The van der Waals surface area contributed by atoms with Gasteiger partial charge < -0.3 is 0 Å². The molecule has 0 amide bonds. The summed E-state index contributed by atoms with van der Waals surface area (Å²) >= 11 is 1.80. The van der Waals surface area contributed by atoms with Gasteiger partial charge in [-0.2, -0.15) is 0 Å². The summed E-state index contributed by atoms with van der Waals surface area (Å²) in [6, 6.07) is 47.4. The molecule has 0 heterocycles. The van der Waals surface area contributed by atoms with Crippen LogP contribution >= 0.6 is 11.8 Å². The van der Waals surface area contributed by atoms with Crippen LogP contribution in [0.3, 0.4) is 0 Å². The maximum absolute atomic E-state index is 2.22. The second-order valence-electron chi connectivity index (χ2n) is 7.43. The molecular weight excluding hydrogens is 392 g/mol. The van der Waals surface area contributed by atoms with E-state index < -0.39 is 0 Å². The maximum Gasteiger partial charge on any atom is 0.0122 e. The van der Waals surface area contributed by atoms with Crippen LogP contribution in [0.4, 0.5) is 0 Å². The Balaban J connectivity index is 1.36. The number of benzene rings is 5. The molecule has 1 heteroatoms. The fraction of sp³-hybridized carbons (Fsp3) is 0. The summed E-state index contributed by atoms with van der Waals surface area (Å²) in [5, 5.41) is 0. The Hall–Kier alpha value is -3.55. The van der Waals surface area contributed by atoms with Crippen molar-refractivity contribution >= 4 is 11.8 Å². The predicted octanol–water partition coefficient (Wildman–Crippen LogP) is 8.84. The lowest BCUT2D eigenvalue weighted by Crippen LogP contribution is -1.85. The number of hydrogen-bond acceptors (Lipinski definition) is 1. The van der Waals surface area contributed by atoms with Crippen LogP contribution in [-0.2, 0) is 0 Å². The van der Waals surface area contributed by atoms with Crippen LogP contribution in [0.15, 0.2) is 143 Å². The second kappa shape index (κ2) is 9.07. The third-order valence-electron chi connectivity index (χ3n) is 5.37. The van der Waals surface area contributed by atoms with Gasteiger partial charge in [-0.25, -0.2) is 0 Å². The van der Waals surface area contributed by atoms with Gasteiger partial charge in [0.2, 0.25) is 0 Å². The molecule has 0 aliphatic heterocycles. The van der Waals surface area contributed by atoms with E-state index in [9.17, 15) is 0 Å². The average Bonchev–Trinajstić information content (AvgIpc) is 2.86. The van der Waals surface area contributed by atoms with Gasteiger partial charge >= 0.3 is 0 Å². The van der Waals surface area contributed by atoms with Crippen molar-refractivity contribution in [3.05, 3.63) is 133 Å². The number of hydrogen-bond donors (Lipinski definition) is 0. The Morgan fingerprint density at radius 1 is 0.290 bits per heavy atom. The van der Waals surface area contributed by atoms with Gasteiger partial charge in [-0.3, -0.25) is 0 Å². The van der Waals surface area contributed by atoms with Crippen molar-refractivity contribution in [1.29, 1.82) is 0 Å². The monoisotopic (exact) mass is 414 g/mol. The zero-order chi connectivity index (χ0) is 20.9. The second-order valence-corrected chi connectivity index (χ2v) is 8.58. The molecule has 0 N–H and O–H groups in total. The molecule has 0 radical (unpaired) electrons. The molecule has 0 bridgehead atoms. The highest BCUT2D eigenvalue weighted by Gasteiger charge is 2.07. The highest BCUT2D eigenvalue weighted by molar-refractivity contribution is 7.99. The molecule has 0 nitrogen and oxygen atoms in total. The Bertz CT molecular complexity index is 1260. The number of rotatable bonds is 5. The van der Waals surface area contributed by atoms with Crippen molar-refractivity contribution in [2.75, 3.05) is 0 Å². The predicted molar refractivity (Wildman–Crippen MR) is 133 cm³/mol. The molecule has 0 spiro atoms. The third kappa shape index (κ3) is 4.47. The van der Waals surface area contributed by atoms with Crippen molar-refractivity contribution in [2.45, 2.75) is 9.79 Å². The summed E-state index contributed by atoms with van der Waals surface area (Å²) in [5.41, 5.74) is 7.51. The smallest absolute Gasteiger partial charge is 0.0122 e. The Morgan fingerprint density at radius 3 is 1.16 bits per heavy atom. The normalized spacial score (nSPS) is 10.7. The van der Waals surface area contributed by atoms with Gasteiger partial charge in [-0.05, 0) is 57.6 Å². The first-order valence-electron chi connectivity index (χ1n) is 10.4. The molecule has 0 fully saturated rings. The van der Waals surface area contributed by atoms with Crippen LogP contribution in [-0.4, -0.2) is 0 Å². The SMILES string of the molecule is c1ccc(-c2ccc(Sc3ccc(-c4ccccc4-c4ccccc4)cc3)cc2)cc1. The topological polar surface area (TPSA) is 0 Å². The van der Waals surface area contributed by atoms with E-state index >= 15 is 0 Å². The summed E-state index contributed by atoms with van der Waals surface area (Å²) in [7, 11) is 0. The molecule has 5 aromatic rings. The lowest BCUT2D eigenvalue weighted by Gasteiger charge is -2.11. The van der Waals surface area contributed by atoms with Gasteiger partial charge in [0.15, 0.2) is 0 Å². The van der Waals surface area contributed by atoms with Crippen molar-refractivity contribution in [2.24, 2.45) is 0 Å². The quantitative estimate of drug-likeness (QED) is 0.277. The first kappa shape index (κ1) is 19.4. The lowest BCUT2D eigenvalue weighted by atomic mass is 9.95. The van der Waals surface area contributed by atoms with Crippen molar-refractivity contribution in [3.63, 3.8) is 0 Å². The largest absolute Gasteiger partial charge is 0.0901 e. The summed E-state index contributed by atoms with van der Waals surface area (Å²) in [6.45, 7) is 0. The maximum atomic E-state index is 2.22. The molecule has 0 aliphatic carbocycles. The Kier molecular flexibility index (Phi) is 5.68. The highest BCUT2D eigenvalue weighted by Crippen LogP contribution is 2.35. The van der Waals surface area contributed by atoms with Crippen LogP contribution < -0.4 is 0 Å². The Morgan fingerprint density at radius 2 is 0.645 bits per heavy atom. The lowest BCUT2D eigenvalue weighted by molar-refractivity contribution is 1.40. The minimum Gasteiger partial charge on any atom is -0.0901 e. The van der Waals surface area contributed by atoms with Crippen LogP contribution in [0.2, 0.25) is 0 Å². The van der Waals surface area contributed by atoms with Crippen LogP contribution in [0.1, 0.15) is 0 Å². The van der Waals surface area contributed by atoms with Gasteiger partial charge in [0.1, 0.15) is 0 Å². The van der Waals surface area contributed by atoms with Crippen molar-refractivity contribution in [1.82, 2.24) is 0 Å². The molecule has 5 rings (SSSR count). The van der Waals surface area contributed by atoms with Gasteiger partial charge in [0, 0.05) is 9.79 Å². The average molecular weight is 415 g/mol. The van der Waals surface area contributed by atoms with E-state index in [1.54, 1.807) is 11.8 Å². The summed E-state index contributed by atoms with van der Waals surface area (Å²) in [4.78, 5) is 2.49. The summed E-state index contributed by atoms with van der Waals surface area (Å²) in [5.74, 6) is 0. The van der Waals surface area contributed by atoms with Gasteiger partial charge in [-0.1, -0.05) is 121 Å². The van der Waals surface area contributed by atoms with Crippen LogP contribution in [0.25, 0.3) is 33.4 Å². The standard InChI is InChI=1S/C30H22S/c1-3-9-23(10-4-1)24-15-19-27(20-16-24)31-28-21-17-26(18-22-28)30-14-8-7-13-29(30)25-11-5-2-6-12-25/h1-22H. The van der Waals surface area contributed by atoms with E-state index in [4.69, 9.17) is 0 Å². The molecule has 0 unspecified atom stereocenters. The molecular formula is C30H22S. The molecule has 0 aliphatic rings. The van der Waals surface area contributed by atoms with Crippen LogP contribution in [0, 0.1) is 0 Å². The highest BCUT2D eigenvalue weighted by atomic mass is 32.2. The molecule has 5 aromatic carbocycles. The third-order valence-corrected chi connectivity index (χ3v) is 6.39. The van der Waals surface area contributed by atoms with Gasteiger partial charge in [0.25, 0.3) is 0 Å². The molecule has 0 aromatic heterocycles. The fourth-order valence-electron chi connectivity index (χ4n) is 3.79. The van der Waals surface area contributed by atoms with E-state index in [0.29, 0.717) is 0 Å². The van der Waals surface area contributed by atoms with Crippen molar-refractivity contribution in [3.8, 4) is 33.4 Å². The minimum atomic E-state index is 1.24. The Labute approximate surface area is 188 Å². The molecule has 0 atom stereocenters. The van der Waals surface area contributed by atoms with Gasteiger partial charge in [-0.15, -0.1) is 0 Å². The minimum absolute atomic E-state index is 1.24. The van der Waals surface area contributed by atoms with Crippen molar-refractivity contribution < 1.29 is 0 Å². The molecule has 0 saturated heterocycles. The van der Waals surface area contributed by atoms with E-state index in [1.807, 2.05) is 0 Å². The first-order chi connectivity index (χ1) is 15.4. The fourth-order valence-corrected chi connectivity index (χ4v) is 4.61. The zero-order valence-electron chi connectivity index (χ0n) is 17.1. The zero-order valence-corrected chi connectivity index (χ0v) is 17.9. The molecule has 148 valence electrons. The van der Waals surface area contributed by atoms with E-state index in [0.717, 1.165) is 0 Å². The summed E-state index contributed by atoms with van der Waals surface area (Å²) < 4.78 is 0.